The molecule has 0 aliphatic carbocycles. The van der Waals surface area contributed by atoms with E-state index in [2.05, 4.69) is 15.1 Å². The Kier molecular flexibility index (Phi) is 3.47. The second kappa shape index (κ2) is 5.42. The van der Waals surface area contributed by atoms with Gasteiger partial charge in [0.05, 0.1) is 21.3 Å². The first-order valence-corrected chi connectivity index (χ1v) is 7.05. The number of benzene rings is 1. The lowest BCUT2D eigenvalue weighted by Gasteiger charge is -2.06. The summed E-state index contributed by atoms with van der Waals surface area (Å²) in [6.45, 7) is 4.57. The Morgan fingerprint density at radius 3 is 2.60 bits per heavy atom. The van der Waals surface area contributed by atoms with E-state index >= 15 is 0 Å². The molecule has 0 aliphatic rings. The minimum absolute atomic E-state index is 0.556. The summed E-state index contributed by atoms with van der Waals surface area (Å²) in [5.41, 5.74) is 2.01. The van der Waals surface area contributed by atoms with Gasteiger partial charge in [-0.05, 0) is 38.1 Å². The molecule has 2 aromatic heterocycles. The van der Waals surface area contributed by atoms with Crippen LogP contribution in [0.15, 0.2) is 36.9 Å². The van der Waals surface area contributed by atoms with Crippen molar-refractivity contribution in [1.82, 2.24) is 19.7 Å². The molecule has 0 radical (unpaired) electrons. The predicted molar refractivity (Wildman–Crippen MR) is 77.3 cm³/mol. The van der Waals surface area contributed by atoms with Crippen LogP contribution >= 0.6 is 11.3 Å². The van der Waals surface area contributed by atoms with Crippen LogP contribution in [0.3, 0.4) is 0 Å². The summed E-state index contributed by atoms with van der Waals surface area (Å²) >= 11 is 1.68. The Morgan fingerprint density at radius 2 is 2.00 bits per heavy atom. The third-order valence-corrected chi connectivity index (χ3v) is 3.94. The van der Waals surface area contributed by atoms with Crippen LogP contribution in [0.5, 0.6) is 5.75 Å². The number of nitrogens with zero attached hydrogens (tertiary/aromatic N) is 4. The van der Waals surface area contributed by atoms with Gasteiger partial charge >= 0.3 is 0 Å². The normalized spacial score (nSPS) is 10.7. The minimum atomic E-state index is 0.556. The summed E-state index contributed by atoms with van der Waals surface area (Å²) in [6, 6.07) is 7.77. The smallest absolute Gasteiger partial charge is 0.138 e. The summed E-state index contributed by atoms with van der Waals surface area (Å²) in [6.07, 6.45) is 3.18. The van der Waals surface area contributed by atoms with Crippen molar-refractivity contribution in [2.24, 2.45) is 0 Å². The molecule has 0 bridgehead atoms. The summed E-state index contributed by atoms with van der Waals surface area (Å²) in [5.74, 6) is 0.833. The molecule has 3 rings (SSSR count). The van der Waals surface area contributed by atoms with Gasteiger partial charge in [0.25, 0.3) is 0 Å². The van der Waals surface area contributed by atoms with Gasteiger partial charge in [-0.1, -0.05) is 0 Å². The second-order valence-electron chi connectivity index (χ2n) is 4.36. The molecule has 0 unspecified atom stereocenters. The van der Waals surface area contributed by atoms with Gasteiger partial charge in [0.15, 0.2) is 0 Å². The van der Waals surface area contributed by atoms with Gasteiger partial charge in [-0.25, -0.2) is 14.6 Å². The molecule has 0 N–H and O–H groups in total. The van der Waals surface area contributed by atoms with E-state index in [1.165, 1.54) is 11.2 Å². The van der Waals surface area contributed by atoms with Crippen molar-refractivity contribution in [2.75, 3.05) is 0 Å². The molecule has 20 heavy (non-hydrogen) atoms. The molecule has 0 atom stereocenters. The molecule has 102 valence electrons. The number of aromatic nitrogens is 4. The topological polar surface area (TPSA) is 52.8 Å². The maximum Gasteiger partial charge on any atom is 0.138 e. The number of hydrogen-bond acceptors (Lipinski definition) is 5. The Bertz CT molecular complexity index is 689. The van der Waals surface area contributed by atoms with E-state index in [1.807, 2.05) is 38.1 Å². The molecule has 0 amide bonds. The molecule has 2 heterocycles. The Balaban J connectivity index is 1.68. The van der Waals surface area contributed by atoms with Crippen molar-refractivity contribution >= 4 is 11.3 Å². The van der Waals surface area contributed by atoms with E-state index in [0.717, 1.165) is 22.1 Å². The molecular weight excluding hydrogens is 272 g/mol. The number of aryl methyl sites for hydroxylation is 2. The largest absolute Gasteiger partial charge is 0.488 e. The van der Waals surface area contributed by atoms with Gasteiger partial charge in [-0.15, -0.1) is 11.3 Å². The van der Waals surface area contributed by atoms with Crippen LogP contribution in [0.1, 0.15) is 15.6 Å². The molecule has 3 aromatic rings. The monoisotopic (exact) mass is 286 g/mol. The van der Waals surface area contributed by atoms with Gasteiger partial charge in [0.2, 0.25) is 0 Å². The van der Waals surface area contributed by atoms with Gasteiger partial charge in [0.1, 0.15) is 25.0 Å². The fraction of sp³-hybridized carbons (Fsp3) is 0.214. The highest BCUT2D eigenvalue weighted by atomic mass is 32.1. The fourth-order valence-electron chi connectivity index (χ4n) is 1.89. The third-order valence-electron chi connectivity index (χ3n) is 2.89. The molecule has 5 nitrogen and oxygen atoms in total. The van der Waals surface area contributed by atoms with E-state index in [0.29, 0.717) is 6.61 Å². The van der Waals surface area contributed by atoms with Crippen LogP contribution in [-0.4, -0.2) is 19.7 Å². The van der Waals surface area contributed by atoms with Crippen molar-refractivity contribution in [1.29, 1.82) is 0 Å². The fourth-order valence-corrected chi connectivity index (χ4v) is 2.74. The van der Waals surface area contributed by atoms with Crippen LogP contribution < -0.4 is 4.74 Å². The second-order valence-corrected chi connectivity index (χ2v) is 5.65. The van der Waals surface area contributed by atoms with Crippen molar-refractivity contribution in [2.45, 2.75) is 20.5 Å². The Labute approximate surface area is 120 Å². The predicted octanol–water partition coefficient (Wildman–Crippen LogP) is 2.92. The van der Waals surface area contributed by atoms with Crippen LogP contribution in [-0.2, 0) is 6.61 Å². The molecule has 0 saturated heterocycles. The number of hydrogen-bond donors (Lipinski definition) is 0. The zero-order valence-corrected chi connectivity index (χ0v) is 12.1. The molecular formula is C14H14N4OS. The van der Waals surface area contributed by atoms with Crippen LogP contribution in [0, 0.1) is 13.8 Å². The number of rotatable bonds is 4. The molecule has 6 heteroatoms. The average Bonchev–Trinajstić information content (AvgIpc) is 3.07. The van der Waals surface area contributed by atoms with Crippen LogP contribution in [0.25, 0.3) is 5.69 Å². The Morgan fingerprint density at radius 1 is 1.20 bits per heavy atom. The SMILES string of the molecule is Cc1nc(C)c(COc2ccc(-n3cncn3)cc2)s1. The standard InChI is InChI=1S/C14H14N4OS/c1-10-14(20-11(2)17-10)7-19-13-5-3-12(4-6-13)18-9-15-8-16-18/h3-6,8-9H,7H2,1-2H3. The van der Waals surface area contributed by atoms with E-state index < -0.39 is 0 Å². The van der Waals surface area contributed by atoms with Gasteiger partial charge < -0.3 is 4.74 Å². The van der Waals surface area contributed by atoms with Gasteiger partial charge in [-0.3, -0.25) is 0 Å². The zero-order valence-electron chi connectivity index (χ0n) is 11.3. The highest BCUT2D eigenvalue weighted by Crippen LogP contribution is 2.21. The summed E-state index contributed by atoms with van der Waals surface area (Å²) in [4.78, 5) is 9.48. The number of ether oxygens (including phenoxy) is 1. The first-order chi connectivity index (χ1) is 9.72. The van der Waals surface area contributed by atoms with E-state index in [4.69, 9.17) is 4.74 Å². The highest BCUT2D eigenvalue weighted by molar-refractivity contribution is 7.11. The number of thiazole rings is 1. The summed E-state index contributed by atoms with van der Waals surface area (Å²) in [5, 5.41) is 5.15. The zero-order chi connectivity index (χ0) is 13.9. The molecule has 0 saturated carbocycles. The Hall–Kier alpha value is -2.21. The minimum Gasteiger partial charge on any atom is -0.488 e. The van der Waals surface area contributed by atoms with Crippen molar-refractivity contribution in [3.63, 3.8) is 0 Å². The lowest BCUT2D eigenvalue weighted by molar-refractivity contribution is 0.308. The molecule has 0 aliphatic heterocycles. The highest BCUT2D eigenvalue weighted by Gasteiger charge is 2.05. The molecule has 0 fully saturated rings. The first kappa shape index (κ1) is 12.8. The molecule has 1 aromatic carbocycles. The van der Waals surface area contributed by atoms with E-state index in [1.54, 1.807) is 22.3 Å². The third kappa shape index (κ3) is 2.70. The summed E-state index contributed by atoms with van der Waals surface area (Å²) < 4.78 is 7.49. The van der Waals surface area contributed by atoms with Gasteiger partial charge in [-0.2, -0.15) is 5.10 Å². The van der Waals surface area contributed by atoms with Crippen molar-refractivity contribution in [3.8, 4) is 11.4 Å². The first-order valence-electron chi connectivity index (χ1n) is 6.23. The van der Waals surface area contributed by atoms with E-state index in [-0.39, 0.29) is 0 Å². The maximum absolute atomic E-state index is 5.78. The lowest BCUT2D eigenvalue weighted by Crippen LogP contribution is -1.97. The van der Waals surface area contributed by atoms with Gasteiger partial charge in [0, 0.05) is 0 Å². The van der Waals surface area contributed by atoms with Crippen molar-refractivity contribution < 1.29 is 4.74 Å². The van der Waals surface area contributed by atoms with E-state index in [9.17, 15) is 0 Å². The maximum atomic E-state index is 5.78. The average molecular weight is 286 g/mol. The molecule has 0 spiro atoms. The van der Waals surface area contributed by atoms with Crippen LogP contribution in [0.4, 0.5) is 0 Å². The summed E-state index contributed by atoms with van der Waals surface area (Å²) in [7, 11) is 0. The lowest BCUT2D eigenvalue weighted by atomic mass is 10.3. The van der Waals surface area contributed by atoms with Crippen molar-refractivity contribution in [3.05, 3.63) is 52.5 Å². The van der Waals surface area contributed by atoms with Crippen LogP contribution in [0.2, 0.25) is 0 Å². The quantitative estimate of drug-likeness (QED) is 0.740.